The topological polar surface area (TPSA) is 9.23 Å². The molecule has 0 aliphatic heterocycles. The fraction of sp³-hybridized carbons (Fsp3) is 0.375. The minimum absolute atomic E-state index is 0.00507. The highest BCUT2D eigenvalue weighted by atomic mass is 127. The minimum atomic E-state index is -0.888. The summed E-state index contributed by atoms with van der Waals surface area (Å²) in [4.78, 5) is 2.11. The van der Waals surface area contributed by atoms with E-state index in [0.717, 1.165) is 24.1 Å². The van der Waals surface area contributed by atoms with Gasteiger partial charge in [0.1, 0.15) is 0 Å². The molecular weight excluding hydrogens is 405 g/mol. The van der Waals surface area contributed by atoms with Gasteiger partial charge in [0, 0.05) is 19.2 Å². The maximum absolute atomic E-state index is 14.3. The highest BCUT2D eigenvalue weighted by molar-refractivity contribution is 14.1. The van der Waals surface area contributed by atoms with Crippen LogP contribution >= 0.6 is 33.9 Å². The van der Waals surface area contributed by atoms with Crippen LogP contribution < -0.4 is 4.74 Å². The molecule has 1 aliphatic rings. The van der Waals surface area contributed by atoms with Crippen molar-refractivity contribution >= 4 is 33.9 Å². The Bertz CT molecular complexity index is 645. The minimum Gasteiger partial charge on any atom is -0.490 e. The van der Waals surface area contributed by atoms with Crippen LogP contribution in [-0.2, 0) is 12.8 Å². The van der Waals surface area contributed by atoms with Gasteiger partial charge >= 0.3 is 0 Å². The number of alkyl halides is 1. The predicted molar refractivity (Wildman–Crippen MR) is 90.7 cm³/mol. The zero-order chi connectivity index (χ0) is 15.0. The van der Waals surface area contributed by atoms with Gasteiger partial charge in [-0.05, 0) is 43.0 Å². The van der Waals surface area contributed by atoms with E-state index in [-0.39, 0.29) is 5.75 Å². The number of halogens is 3. The Kier molecular flexibility index (Phi) is 4.49. The Morgan fingerprint density at radius 1 is 1.29 bits per heavy atom. The second-order valence-electron chi connectivity index (χ2n) is 5.15. The van der Waals surface area contributed by atoms with Crippen LogP contribution in [0.15, 0.2) is 18.2 Å². The molecule has 1 heterocycles. The number of fused-ring (bicyclic) bond motifs is 1. The van der Waals surface area contributed by atoms with Crippen molar-refractivity contribution in [2.24, 2.45) is 0 Å². The molecule has 21 heavy (non-hydrogen) atoms. The van der Waals surface area contributed by atoms with E-state index < -0.39 is 11.6 Å². The summed E-state index contributed by atoms with van der Waals surface area (Å²) in [5.41, 5.74) is 1.61. The van der Waals surface area contributed by atoms with Crippen molar-refractivity contribution in [3.05, 3.63) is 40.3 Å². The van der Waals surface area contributed by atoms with Gasteiger partial charge in [-0.15, -0.1) is 11.3 Å². The molecule has 0 amide bonds. The highest BCUT2D eigenvalue weighted by Gasteiger charge is 2.24. The summed E-state index contributed by atoms with van der Waals surface area (Å²) in [5, 5.41) is 0. The summed E-state index contributed by atoms with van der Waals surface area (Å²) >= 11 is 4.01. The van der Waals surface area contributed by atoms with Crippen LogP contribution in [0.5, 0.6) is 5.75 Å². The number of hydrogen-bond donors (Lipinski definition) is 0. The number of rotatable bonds is 4. The first-order valence-electron chi connectivity index (χ1n) is 6.97. The summed E-state index contributed by atoms with van der Waals surface area (Å²) in [6, 6.07) is 5.14. The molecule has 0 saturated carbocycles. The van der Waals surface area contributed by atoms with Gasteiger partial charge < -0.3 is 4.74 Å². The van der Waals surface area contributed by atoms with E-state index in [1.807, 2.05) is 13.0 Å². The lowest BCUT2D eigenvalue weighted by atomic mass is 10.1. The molecule has 1 aromatic carbocycles. The molecule has 0 spiro atoms. The maximum Gasteiger partial charge on any atom is 0.201 e. The molecule has 1 unspecified atom stereocenters. The summed E-state index contributed by atoms with van der Waals surface area (Å²) in [7, 11) is 0. The van der Waals surface area contributed by atoms with E-state index in [9.17, 15) is 8.78 Å². The first kappa shape index (κ1) is 15.2. The molecule has 0 saturated heterocycles. The molecule has 3 rings (SSSR count). The zero-order valence-corrected chi connectivity index (χ0v) is 14.6. The average molecular weight is 420 g/mol. The quantitative estimate of drug-likeness (QED) is 0.477. The molecule has 1 atom stereocenters. The third kappa shape index (κ3) is 2.95. The number of hydrogen-bond acceptors (Lipinski definition) is 2. The normalized spacial score (nSPS) is 17.0. The van der Waals surface area contributed by atoms with E-state index in [4.69, 9.17) is 4.74 Å². The van der Waals surface area contributed by atoms with Crippen molar-refractivity contribution < 1.29 is 13.5 Å². The molecule has 0 radical (unpaired) electrons. The van der Waals surface area contributed by atoms with Gasteiger partial charge in [0.05, 0.1) is 6.61 Å². The summed E-state index contributed by atoms with van der Waals surface area (Å²) in [6.07, 6.45) is 2.81. The lowest BCUT2D eigenvalue weighted by molar-refractivity contribution is 0.295. The van der Waals surface area contributed by atoms with Crippen molar-refractivity contribution in [2.45, 2.75) is 30.1 Å². The summed E-state index contributed by atoms with van der Waals surface area (Å²) < 4.78 is 34.2. The second-order valence-corrected chi connectivity index (χ2v) is 8.05. The third-order valence-electron chi connectivity index (χ3n) is 3.52. The van der Waals surface area contributed by atoms with Gasteiger partial charge in [-0.25, -0.2) is 4.39 Å². The average Bonchev–Trinajstić information content (AvgIpc) is 2.97. The Morgan fingerprint density at radius 2 is 2.10 bits per heavy atom. The molecule has 5 heteroatoms. The van der Waals surface area contributed by atoms with Crippen molar-refractivity contribution in [3.8, 4) is 16.2 Å². The van der Waals surface area contributed by atoms with Crippen LogP contribution in [-0.4, -0.2) is 10.5 Å². The van der Waals surface area contributed by atoms with Crippen LogP contribution in [0, 0.1) is 11.6 Å². The van der Waals surface area contributed by atoms with E-state index in [0.29, 0.717) is 16.1 Å². The Hall–Kier alpha value is -0.690. The Morgan fingerprint density at radius 3 is 2.81 bits per heavy atom. The van der Waals surface area contributed by atoms with Gasteiger partial charge in [-0.1, -0.05) is 29.5 Å². The van der Waals surface area contributed by atoms with Crippen molar-refractivity contribution in [2.75, 3.05) is 6.61 Å². The smallest absolute Gasteiger partial charge is 0.201 e. The predicted octanol–water partition coefficient (Wildman–Crippen LogP) is 5.38. The van der Waals surface area contributed by atoms with Crippen LogP contribution in [0.3, 0.4) is 0 Å². The first-order chi connectivity index (χ1) is 10.1. The van der Waals surface area contributed by atoms with Crippen LogP contribution in [0.4, 0.5) is 8.78 Å². The first-order valence-corrected chi connectivity index (χ1v) is 9.03. The molecule has 0 bridgehead atoms. The van der Waals surface area contributed by atoms with Gasteiger partial charge in [-0.3, -0.25) is 0 Å². The molecule has 2 aromatic rings. The standard InChI is InChI=1S/C16H15F2IOS/c1-2-5-20-12-4-3-11(15(17)16(12)18)14-7-9-6-10(19)8-13(9)21-14/h3-4,7,10H,2,5-6,8H2,1H3. The maximum atomic E-state index is 14.3. The molecule has 1 aliphatic carbocycles. The van der Waals surface area contributed by atoms with Crippen LogP contribution in [0.2, 0.25) is 0 Å². The fourth-order valence-electron chi connectivity index (χ4n) is 2.50. The highest BCUT2D eigenvalue weighted by Crippen LogP contribution is 2.40. The molecule has 1 aromatic heterocycles. The van der Waals surface area contributed by atoms with Gasteiger partial charge in [0.2, 0.25) is 5.82 Å². The lowest BCUT2D eigenvalue weighted by Crippen LogP contribution is -2.00. The van der Waals surface area contributed by atoms with E-state index in [1.54, 1.807) is 17.4 Å². The van der Waals surface area contributed by atoms with E-state index >= 15 is 0 Å². The monoisotopic (exact) mass is 420 g/mol. The largest absolute Gasteiger partial charge is 0.490 e. The molecule has 0 fully saturated rings. The Labute approximate surface area is 140 Å². The summed E-state index contributed by atoms with van der Waals surface area (Å²) in [6.45, 7) is 2.32. The second kappa shape index (κ2) is 6.20. The van der Waals surface area contributed by atoms with Crippen LogP contribution in [0.25, 0.3) is 10.4 Å². The van der Waals surface area contributed by atoms with Gasteiger partial charge in [0.15, 0.2) is 11.6 Å². The lowest BCUT2D eigenvalue weighted by Gasteiger charge is -2.09. The van der Waals surface area contributed by atoms with Crippen molar-refractivity contribution in [1.29, 1.82) is 0 Å². The van der Waals surface area contributed by atoms with Gasteiger partial charge in [0.25, 0.3) is 0 Å². The fourth-order valence-corrected chi connectivity index (χ4v) is 5.01. The molecule has 0 N–H and O–H groups in total. The summed E-state index contributed by atoms with van der Waals surface area (Å²) in [5.74, 6) is -1.70. The van der Waals surface area contributed by atoms with Crippen molar-refractivity contribution in [1.82, 2.24) is 0 Å². The SMILES string of the molecule is CCCOc1ccc(-c2cc3c(s2)CC(I)C3)c(F)c1F. The Balaban J connectivity index is 1.93. The molecular formula is C16H15F2IOS. The van der Waals surface area contributed by atoms with E-state index in [1.165, 1.54) is 16.5 Å². The number of benzene rings is 1. The third-order valence-corrected chi connectivity index (χ3v) is 5.63. The van der Waals surface area contributed by atoms with Crippen molar-refractivity contribution in [3.63, 3.8) is 0 Å². The molecule has 1 nitrogen and oxygen atoms in total. The van der Waals surface area contributed by atoms with Crippen LogP contribution in [0.1, 0.15) is 23.8 Å². The van der Waals surface area contributed by atoms with Gasteiger partial charge in [-0.2, -0.15) is 4.39 Å². The van der Waals surface area contributed by atoms with E-state index in [2.05, 4.69) is 22.6 Å². The number of thiophene rings is 1. The molecule has 112 valence electrons. The zero-order valence-electron chi connectivity index (χ0n) is 11.6. The number of ether oxygens (including phenoxy) is 1.